The molecule has 2 aliphatic heterocycles. The van der Waals surface area contributed by atoms with Crippen LogP contribution in [0, 0.1) is 11.8 Å². The van der Waals surface area contributed by atoms with Crippen LogP contribution in [0.2, 0.25) is 0 Å². The Hall–Kier alpha value is -3.36. The number of aromatic nitrogens is 4. The van der Waals surface area contributed by atoms with Gasteiger partial charge in [-0.2, -0.15) is 5.10 Å². The highest BCUT2D eigenvalue weighted by molar-refractivity contribution is 5.80. The van der Waals surface area contributed by atoms with E-state index in [2.05, 4.69) is 15.0 Å². The van der Waals surface area contributed by atoms with Gasteiger partial charge in [0.05, 0.1) is 18.9 Å². The van der Waals surface area contributed by atoms with Crippen LogP contribution in [0.25, 0.3) is 16.8 Å². The Kier molecular flexibility index (Phi) is 4.91. The van der Waals surface area contributed by atoms with Gasteiger partial charge in [0.2, 0.25) is 5.88 Å². The summed E-state index contributed by atoms with van der Waals surface area (Å²) in [6, 6.07) is 5.84. The standard InChI is InChI=1S/C23H28N6O3/c1-23(2,3)32-22(30)28-13-15-11-27(12-16(15)14-28)19-7-9-29-20(26-19)18(10-25-29)17-6-5-8-24-21(17)31-4/h5-10,15-16H,11-14H2,1-4H3. The smallest absolute Gasteiger partial charge is 0.410 e. The van der Waals surface area contributed by atoms with E-state index < -0.39 is 5.60 Å². The summed E-state index contributed by atoms with van der Waals surface area (Å²) >= 11 is 0. The van der Waals surface area contributed by atoms with Crippen LogP contribution in [-0.2, 0) is 4.74 Å². The molecule has 5 rings (SSSR count). The summed E-state index contributed by atoms with van der Waals surface area (Å²) in [5.41, 5.74) is 2.04. The normalized spacial score (nSPS) is 20.6. The van der Waals surface area contributed by atoms with Crippen molar-refractivity contribution in [3.8, 4) is 17.0 Å². The third-order valence-electron chi connectivity index (χ3n) is 6.07. The van der Waals surface area contributed by atoms with Gasteiger partial charge >= 0.3 is 6.09 Å². The monoisotopic (exact) mass is 436 g/mol. The second-order valence-corrected chi connectivity index (χ2v) is 9.48. The van der Waals surface area contributed by atoms with Crippen molar-refractivity contribution in [3.05, 3.63) is 36.8 Å². The van der Waals surface area contributed by atoms with Crippen LogP contribution in [0.5, 0.6) is 5.88 Å². The first kappa shape index (κ1) is 20.5. The minimum Gasteiger partial charge on any atom is -0.481 e. The summed E-state index contributed by atoms with van der Waals surface area (Å²) in [5.74, 6) is 2.31. The van der Waals surface area contributed by atoms with E-state index in [4.69, 9.17) is 14.5 Å². The molecular weight excluding hydrogens is 408 g/mol. The molecule has 2 fully saturated rings. The van der Waals surface area contributed by atoms with Gasteiger partial charge in [-0.1, -0.05) is 0 Å². The van der Waals surface area contributed by atoms with Gasteiger partial charge in [0.25, 0.3) is 0 Å². The van der Waals surface area contributed by atoms with Crippen LogP contribution in [0.3, 0.4) is 0 Å². The van der Waals surface area contributed by atoms with Crippen molar-refractivity contribution in [1.29, 1.82) is 0 Å². The fourth-order valence-electron chi connectivity index (χ4n) is 4.64. The lowest BCUT2D eigenvalue weighted by atomic mass is 10.0. The number of carbonyl (C=O) groups is 1. The molecule has 9 heteroatoms. The van der Waals surface area contributed by atoms with E-state index in [1.165, 1.54) is 0 Å². The van der Waals surface area contributed by atoms with E-state index in [0.717, 1.165) is 48.8 Å². The van der Waals surface area contributed by atoms with Crippen LogP contribution < -0.4 is 9.64 Å². The van der Waals surface area contributed by atoms with Crippen LogP contribution in [-0.4, -0.2) is 69.5 Å². The van der Waals surface area contributed by atoms with Crippen molar-refractivity contribution < 1.29 is 14.3 Å². The molecule has 2 unspecified atom stereocenters. The predicted molar refractivity (Wildman–Crippen MR) is 120 cm³/mol. The highest BCUT2D eigenvalue weighted by Crippen LogP contribution is 2.35. The molecule has 0 aromatic carbocycles. The maximum Gasteiger partial charge on any atom is 0.410 e. The van der Waals surface area contributed by atoms with Crippen molar-refractivity contribution in [2.75, 3.05) is 38.2 Å². The summed E-state index contributed by atoms with van der Waals surface area (Å²) in [7, 11) is 1.61. The molecule has 168 valence electrons. The number of ether oxygens (including phenoxy) is 2. The summed E-state index contributed by atoms with van der Waals surface area (Å²) in [6.07, 6.45) is 5.22. The predicted octanol–water partition coefficient (Wildman–Crippen LogP) is 3.10. The Morgan fingerprint density at radius 2 is 1.84 bits per heavy atom. The molecule has 0 spiro atoms. The highest BCUT2D eigenvalue weighted by atomic mass is 16.6. The minimum absolute atomic E-state index is 0.215. The van der Waals surface area contributed by atoms with Crippen LogP contribution in [0.4, 0.5) is 10.6 Å². The summed E-state index contributed by atoms with van der Waals surface area (Å²) < 4.78 is 12.7. The average Bonchev–Trinajstić information content (AvgIpc) is 3.45. The zero-order chi connectivity index (χ0) is 22.5. The quantitative estimate of drug-likeness (QED) is 0.624. The number of hydrogen-bond acceptors (Lipinski definition) is 7. The van der Waals surface area contributed by atoms with Crippen LogP contribution in [0.1, 0.15) is 20.8 Å². The number of rotatable bonds is 3. The van der Waals surface area contributed by atoms with Gasteiger partial charge in [0.15, 0.2) is 5.65 Å². The first-order valence-corrected chi connectivity index (χ1v) is 10.9. The van der Waals surface area contributed by atoms with Gasteiger partial charge in [-0.15, -0.1) is 0 Å². The van der Waals surface area contributed by atoms with Crippen molar-refractivity contribution in [2.45, 2.75) is 26.4 Å². The molecule has 32 heavy (non-hydrogen) atoms. The topological polar surface area (TPSA) is 85.1 Å². The lowest BCUT2D eigenvalue weighted by molar-refractivity contribution is 0.0282. The van der Waals surface area contributed by atoms with Gasteiger partial charge < -0.3 is 19.3 Å². The van der Waals surface area contributed by atoms with Crippen molar-refractivity contribution in [2.24, 2.45) is 11.8 Å². The van der Waals surface area contributed by atoms with Gasteiger partial charge in [0, 0.05) is 56.0 Å². The van der Waals surface area contributed by atoms with Crippen LogP contribution in [0.15, 0.2) is 36.8 Å². The fourth-order valence-corrected chi connectivity index (χ4v) is 4.64. The molecule has 2 aliphatic rings. The van der Waals surface area contributed by atoms with E-state index in [1.54, 1.807) is 24.0 Å². The zero-order valence-corrected chi connectivity index (χ0v) is 18.9. The maximum atomic E-state index is 12.4. The Morgan fingerprint density at radius 1 is 1.09 bits per heavy atom. The average molecular weight is 437 g/mol. The van der Waals surface area contributed by atoms with E-state index >= 15 is 0 Å². The SMILES string of the molecule is COc1ncccc1-c1cnn2ccc(N3CC4CN(C(=O)OC(C)(C)C)CC4C3)nc12. The van der Waals surface area contributed by atoms with Gasteiger partial charge in [-0.25, -0.2) is 19.3 Å². The Labute approximate surface area is 187 Å². The number of hydrogen-bond donors (Lipinski definition) is 0. The minimum atomic E-state index is -0.472. The number of nitrogens with zero attached hydrogens (tertiary/aromatic N) is 6. The van der Waals surface area contributed by atoms with E-state index in [0.29, 0.717) is 17.7 Å². The third kappa shape index (κ3) is 3.72. The number of amides is 1. The number of carbonyl (C=O) groups excluding carboxylic acids is 1. The molecule has 5 heterocycles. The van der Waals surface area contributed by atoms with Crippen LogP contribution >= 0.6 is 0 Å². The molecule has 0 radical (unpaired) electrons. The van der Waals surface area contributed by atoms with E-state index in [-0.39, 0.29) is 6.09 Å². The Balaban J connectivity index is 1.35. The molecule has 2 atom stereocenters. The number of fused-ring (bicyclic) bond motifs is 2. The number of likely N-dealkylation sites (tertiary alicyclic amines) is 1. The van der Waals surface area contributed by atoms with Gasteiger partial charge in [-0.3, -0.25) is 0 Å². The van der Waals surface area contributed by atoms with Crippen molar-refractivity contribution >= 4 is 17.6 Å². The Morgan fingerprint density at radius 3 is 2.53 bits per heavy atom. The Bertz CT molecular complexity index is 1140. The van der Waals surface area contributed by atoms with Gasteiger partial charge in [-0.05, 0) is 39.0 Å². The maximum absolute atomic E-state index is 12.4. The molecule has 3 aromatic rings. The first-order chi connectivity index (χ1) is 15.3. The summed E-state index contributed by atoms with van der Waals surface area (Å²) in [4.78, 5) is 25.8. The molecule has 2 saturated heterocycles. The lowest BCUT2D eigenvalue weighted by Gasteiger charge is -2.26. The van der Waals surface area contributed by atoms with E-state index in [9.17, 15) is 4.79 Å². The lowest BCUT2D eigenvalue weighted by Crippen LogP contribution is -2.37. The highest BCUT2D eigenvalue weighted by Gasteiger charge is 2.43. The molecule has 0 aliphatic carbocycles. The van der Waals surface area contributed by atoms with Crippen molar-refractivity contribution in [3.63, 3.8) is 0 Å². The van der Waals surface area contributed by atoms with Gasteiger partial charge in [0.1, 0.15) is 11.4 Å². The number of methoxy groups -OCH3 is 1. The summed E-state index contributed by atoms with van der Waals surface area (Å²) in [6.45, 7) is 8.89. The second kappa shape index (κ2) is 7.65. The van der Waals surface area contributed by atoms with Crippen molar-refractivity contribution in [1.82, 2.24) is 24.5 Å². The molecule has 1 amide bonds. The zero-order valence-electron chi connectivity index (χ0n) is 18.9. The fraction of sp³-hybridized carbons (Fsp3) is 0.478. The second-order valence-electron chi connectivity index (χ2n) is 9.48. The number of pyridine rings is 1. The molecular formula is C23H28N6O3. The molecule has 9 nitrogen and oxygen atoms in total. The molecule has 0 N–H and O–H groups in total. The molecule has 0 saturated carbocycles. The third-order valence-corrected chi connectivity index (χ3v) is 6.07. The molecule has 0 bridgehead atoms. The summed E-state index contributed by atoms with van der Waals surface area (Å²) in [5, 5.41) is 4.45. The number of anilines is 1. The first-order valence-electron chi connectivity index (χ1n) is 10.9. The van der Waals surface area contributed by atoms with E-state index in [1.807, 2.05) is 50.1 Å². The molecule has 3 aromatic heterocycles. The largest absolute Gasteiger partial charge is 0.481 e.